The highest BCUT2D eigenvalue weighted by Gasteiger charge is 2.37. The first-order valence-electron chi connectivity index (χ1n) is 10.6. The number of fused-ring (bicyclic) bond motifs is 1. The van der Waals surface area contributed by atoms with Crippen LogP contribution in [0.3, 0.4) is 0 Å². The van der Waals surface area contributed by atoms with Crippen LogP contribution >= 0.6 is 0 Å². The van der Waals surface area contributed by atoms with E-state index in [1.54, 1.807) is 12.4 Å². The minimum absolute atomic E-state index is 0.0544. The van der Waals surface area contributed by atoms with E-state index in [2.05, 4.69) is 14.9 Å². The third kappa shape index (κ3) is 3.80. The lowest BCUT2D eigenvalue weighted by molar-refractivity contribution is 0.0933. The van der Waals surface area contributed by atoms with Gasteiger partial charge < -0.3 is 14.4 Å². The van der Waals surface area contributed by atoms with Gasteiger partial charge in [0.1, 0.15) is 18.2 Å². The highest BCUT2D eigenvalue weighted by atomic mass is 32.2. The number of imidazole rings is 1. The topological polar surface area (TPSA) is 103 Å². The molecule has 0 spiro atoms. The Bertz CT molecular complexity index is 1220. The molecule has 0 radical (unpaired) electrons. The number of pyridine rings is 2. The average molecular weight is 459 g/mol. The molecule has 1 aliphatic carbocycles. The average Bonchev–Trinajstić information content (AvgIpc) is 3.26. The zero-order valence-electron chi connectivity index (χ0n) is 18.1. The third-order valence-corrected chi connectivity index (χ3v) is 7.75. The van der Waals surface area contributed by atoms with Gasteiger partial charge in [-0.3, -0.25) is 4.98 Å². The Kier molecular flexibility index (Phi) is 5.48. The summed E-state index contributed by atoms with van der Waals surface area (Å²) in [6, 6.07) is 5.82. The van der Waals surface area contributed by atoms with Crippen LogP contribution in [0.5, 0.6) is 5.88 Å². The van der Waals surface area contributed by atoms with Crippen LogP contribution in [-0.2, 0) is 14.9 Å². The second-order valence-corrected chi connectivity index (χ2v) is 10.3. The van der Waals surface area contributed by atoms with E-state index in [0.29, 0.717) is 37.6 Å². The van der Waals surface area contributed by atoms with Crippen molar-refractivity contribution < 1.29 is 17.9 Å². The lowest BCUT2D eigenvalue weighted by Gasteiger charge is -2.36. The molecule has 10 nitrogen and oxygen atoms in total. The molecule has 2 fully saturated rings. The summed E-state index contributed by atoms with van der Waals surface area (Å²) in [5.41, 5.74) is 1.52. The van der Waals surface area contributed by atoms with Crippen molar-refractivity contribution in [1.29, 1.82) is 0 Å². The first-order valence-corrected chi connectivity index (χ1v) is 12.0. The third-order valence-electron chi connectivity index (χ3n) is 6.02. The summed E-state index contributed by atoms with van der Waals surface area (Å²) in [6.07, 6.45) is 6.08. The van der Waals surface area contributed by atoms with Crippen LogP contribution in [0.2, 0.25) is 0 Å². The van der Waals surface area contributed by atoms with Crippen molar-refractivity contribution in [2.75, 3.05) is 45.3 Å². The predicted octanol–water partition coefficient (Wildman–Crippen LogP) is 1.64. The molecular weight excluding hydrogens is 432 g/mol. The summed E-state index contributed by atoms with van der Waals surface area (Å²) >= 11 is 0. The predicted molar refractivity (Wildman–Crippen MR) is 119 cm³/mol. The minimum atomic E-state index is -3.60. The number of ether oxygens (including phenoxy) is 2. The molecule has 0 bridgehead atoms. The molecule has 0 unspecified atom stereocenters. The van der Waals surface area contributed by atoms with Crippen molar-refractivity contribution in [3.05, 3.63) is 42.6 Å². The number of hydrogen-bond acceptors (Lipinski definition) is 8. The summed E-state index contributed by atoms with van der Waals surface area (Å²) in [4.78, 5) is 15.5. The molecule has 32 heavy (non-hydrogen) atoms. The molecule has 0 N–H and O–H groups in total. The van der Waals surface area contributed by atoms with Crippen molar-refractivity contribution in [2.24, 2.45) is 0 Å². The number of nitrogens with zero attached hydrogens (tertiary/aromatic N) is 6. The Morgan fingerprint density at radius 1 is 1.22 bits per heavy atom. The van der Waals surface area contributed by atoms with Crippen molar-refractivity contribution in [3.63, 3.8) is 0 Å². The Hall–Kier alpha value is -2.76. The van der Waals surface area contributed by atoms with Gasteiger partial charge in [0.05, 0.1) is 29.8 Å². The fraction of sp³-hybridized carbons (Fsp3) is 0.476. The summed E-state index contributed by atoms with van der Waals surface area (Å²) in [5.74, 6) is 1.46. The minimum Gasteiger partial charge on any atom is -0.474 e. The van der Waals surface area contributed by atoms with Gasteiger partial charge in [-0.15, -0.1) is 0 Å². The number of anilines is 1. The Balaban J connectivity index is 1.35. The summed E-state index contributed by atoms with van der Waals surface area (Å²) < 4.78 is 39.3. The fourth-order valence-corrected chi connectivity index (χ4v) is 5.07. The fourth-order valence-electron chi connectivity index (χ4n) is 4.09. The van der Waals surface area contributed by atoms with Crippen molar-refractivity contribution >= 4 is 26.9 Å². The van der Waals surface area contributed by atoms with E-state index in [9.17, 15) is 8.42 Å². The van der Waals surface area contributed by atoms with E-state index >= 15 is 0 Å². The van der Waals surface area contributed by atoms with Crippen LogP contribution < -0.4 is 9.64 Å². The second-order valence-electron chi connectivity index (χ2n) is 8.27. The van der Waals surface area contributed by atoms with Gasteiger partial charge in [0.2, 0.25) is 5.88 Å². The molecule has 1 saturated carbocycles. The smallest absolute Gasteiger partial charge is 0.308 e. The molecule has 0 aromatic carbocycles. The van der Waals surface area contributed by atoms with Crippen LogP contribution in [-0.4, -0.2) is 78.1 Å². The quantitative estimate of drug-likeness (QED) is 0.549. The zero-order valence-corrected chi connectivity index (χ0v) is 18.9. The lowest BCUT2D eigenvalue weighted by Crippen LogP contribution is -2.37. The van der Waals surface area contributed by atoms with E-state index in [1.165, 1.54) is 28.7 Å². The molecule has 1 saturated heterocycles. The molecule has 4 heterocycles. The molecule has 3 aromatic rings. The molecule has 0 amide bonds. The number of morpholine rings is 1. The van der Waals surface area contributed by atoms with Gasteiger partial charge in [0, 0.05) is 51.6 Å². The normalized spacial score (nSPS) is 21.7. The zero-order chi connectivity index (χ0) is 22.3. The Morgan fingerprint density at radius 2 is 2.00 bits per heavy atom. The van der Waals surface area contributed by atoms with Crippen molar-refractivity contribution in [3.8, 4) is 5.88 Å². The highest BCUT2D eigenvalue weighted by molar-refractivity contribution is 7.87. The van der Waals surface area contributed by atoms with Crippen molar-refractivity contribution in [1.82, 2.24) is 23.2 Å². The molecule has 5 rings (SSSR count). The van der Waals surface area contributed by atoms with Gasteiger partial charge in [-0.05, 0) is 25.0 Å². The van der Waals surface area contributed by atoms with Gasteiger partial charge in [-0.1, -0.05) is 0 Å². The van der Waals surface area contributed by atoms with Crippen LogP contribution in [0.1, 0.15) is 24.5 Å². The maximum Gasteiger partial charge on any atom is 0.308 e. The Labute approximate surface area is 187 Å². The molecular formula is C21H26N6O4S. The first kappa shape index (κ1) is 21.1. The van der Waals surface area contributed by atoms with Gasteiger partial charge in [0.25, 0.3) is 0 Å². The molecule has 2 aliphatic rings. The monoisotopic (exact) mass is 458 g/mol. The molecule has 1 aliphatic heterocycles. The summed E-state index contributed by atoms with van der Waals surface area (Å²) in [6.45, 7) is 2.90. The second kappa shape index (κ2) is 8.30. The van der Waals surface area contributed by atoms with E-state index in [0.717, 1.165) is 29.8 Å². The van der Waals surface area contributed by atoms with E-state index < -0.39 is 10.2 Å². The molecule has 0 atom stereocenters. The largest absolute Gasteiger partial charge is 0.474 e. The van der Waals surface area contributed by atoms with Crippen LogP contribution in [0.15, 0.2) is 36.9 Å². The van der Waals surface area contributed by atoms with Crippen LogP contribution in [0.25, 0.3) is 10.9 Å². The molecule has 170 valence electrons. The van der Waals surface area contributed by atoms with E-state index in [1.807, 2.05) is 18.2 Å². The number of aromatic nitrogens is 4. The van der Waals surface area contributed by atoms with Gasteiger partial charge in [-0.25, -0.2) is 8.96 Å². The number of rotatable bonds is 6. The summed E-state index contributed by atoms with van der Waals surface area (Å²) in [7, 11) is -0.574. The van der Waals surface area contributed by atoms with Gasteiger partial charge in [0.15, 0.2) is 0 Å². The van der Waals surface area contributed by atoms with Crippen LogP contribution in [0.4, 0.5) is 5.82 Å². The van der Waals surface area contributed by atoms with Crippen molar-refractivity contribution in [2.45, 2.75) is 24.9 Å². The standard InChI is InChI=1S/C21H26N6O4S/c1-25(2)32(28,29)27-14-22-13-19(27)15-10-16(11-15)31-21-17-4-3-5-23-18(17)12-20(24-21)26-6-8-30-9-7-26/h3-5,12-16H,6-11H2,1-2H3/t15-,16+. The Morgan fingerprint density at radius 3 is 2.75 bits per heavy atom. The molecule has 3 aromatic heterocycles. The summed E-state index contributed by atoms with van der Waals surface area (Å²) in [5, 5.41) is 0.869. The first-order chi connectivity index (χ1) is 15.4. The van der Waals surface area contributed by atoms with Gasteiger partial charge >= 0.3 is 10.2 Å². The van der Waals surface area contributed by atoms with Crippen LogP contribution in [0, 0.1) is 0 Å². The highest BCUT2D eigenvalue weighted by Crippen LogP contribution is 2.40. The maximum atomic E-state index is 12.6. The lowest BCUT2D eigenvalue weighted by atomic mass is 9.80. The van der Waals surface area contributed by atoms with E-state index in [4.69, 9.17) is 14.5 Å². The maximum absolute atomic E-state index is 12.6. The SMILES string of the molecule is CN(C)S(=O)(=O)n1cncc1[C@H]1C[C@@H](Oc2nc(N3CCOCC3)cc3ncccc23)C1. The molecule has 11 heteroatoms. The van der Waals surface area contributed by atoms with Gasteiger partial charge in [-0.2, -0.15) is 17.7 Å². The number of hydrogen-bond donors (Lipinski definition) is 0. The van der Waals surface area contributed by atoms with E-state index in [-0.39, 0.29) is 12.0 Å².